The standard InChI is InChI=1S/C23H27N5O3S2/c1-16(22(29)25-18-12-14-20(15-13-18)33(24,30)31)32-23-26-21(17-8-4-2-5-9-17)28(27-23)19-10-6-3-7-11-19/h3,6-7,10-17H,2,4-5,8-9H2,1H3,(H,25,29)(H2,24,30,31). The van der Waals surface area contributed by atoms with Gasteiger partial charge in [-0.1, -0.05) is 49.2 Å². The highest BCUT2D eigenvalue weighted by molar-refractivity contribution is 8.00. The molecule has 0 spiro atoms. The van der Waals surface area contributed by atoms with Gasteiger partial charge in [-0.15, -0.1) is 5.10 Å². The van der Waals surface area contributed by atoms with E-state index in [1.807, 2.05) is 35.0 Å². The first-order valence-electron chi connectivity index (χ1n) is 10.9. The Labute approximate surface area is 198 Å². The average molecular weight is 486 g/mol. The lowest BCUT2D eigenvalue weighted by Gasteiger charge is -2.21. The van der Waals surface area contributed by atoms with Crippen LogP contribution in [0.15, 0.2) is 64.6 Å². The molecule has 2 aromatic carbocycles. The van der Waals surface area contributed by atoms with E-state index in [0.717, 1.165) is 24.4 Å². The van der Waals surface area contributed by atoms with E-state index in [4.69, 9.17) is 15.2 Å². The minimum Gasteiger partial charge on any atom is -0.325 e. The highest BCUT2D eigenvalue weighted by Crippen LogP contribution is 2.34. The molecule has 0 radical (unpaired) electrons. The molecule has 0 bridgehead atoms. The smallest absolute Gasteiger partial charge is 0.238 e. The van der Waals surface area contributed by atoms with Crippen molar-refractivity contribution in [3.63, 3.8) is 0 Å². The molecule has 1 amide bonds. The summed E-state index contributed by atoms with van der Waals surface area (Å²) in [6.45, 7) is 1.79. The minimum absolute atomic E-state index is 0.00573. The van der Waals surface area contributed by atoms with Crippen LogP contribution < -0.4 is 10.5 Å². The fourth-order valence-corrected chi connectivity index (χ4v) is 5.19. The molecule has 1 atom stereocenters. The first-order valence-corrected chi connectivity index (χ1v) is 13.4. The molecule has 33 heavy (non-hydrogen) atoms. The van der Waals surface area contributed by atoms with Gasteiger partial charge in [-0.25, -0.2) is 23.2 Å². The van der Waals surface area contributed by atoms with E-state index in [1.165, 1.54) is 55.3 Å². The fourth-order valence-electron chi connectivity index (χ4n) is 3.92. The third-order valence-corrected chi connectivity index (χ3v) is 7.57. The van der Waals surface area contributed by atoms with E-state index in [2.05, 4.69) is 5.32 Å². The zero-order valence-corrected chi connectivity index (χ0v) is 20.0. The lowest BCUT2D eigenvalue weighted by atomic mass is 9.88. The van der Waals surface area contributed by atoms with Gasteiger partial charge in [0.1, 0.15) is 5.82 Å². The molecule has 3 N–H and O–H groups in total. The first-order chi connectivity index (χ1) is 15.8. The maximum Gasteiger partial charge on any atom is 0.238 e. The topological polar surface area (TPSA) is 120 Å². The summed E-state index contributed by atoms with van der Waals surface area (Å²) in [6, 6.07) is 15.7. The van der Waals surface area contributed by atoms with Gasteiger partial charge in [0.2, 0.25) is 21.1 Å². The van der Waals surface area contributed by atoms with Crippen LogP contribution in [0.5, 0.6) is 0 Å². The number of anilines is 1. The van der Waals surface area contributed by atoms with Crippen molar-refractivity contribution in [2.24, 2.45) is 5.14 Å². The molecule has 1 aliphatic carbocycles. The van der Waals surface area contributed by atoms with Crippen LogP contribution >= 0.6 is 11.8 Å². The van der Waals surface area contributed by atoms with Gasteiger partial charge in [-0.2, -0.15) is 0 Å². The molecule has 174 valence electrons. The summed E-state index contributed by atoms with van der Waals surface area (Å²) in [4.78, 5) is 17.6. The number of nitrogens with two attached hydrogens (primary N) is 1. The van der Waals surface area contributed by atoms with Crippen LogP contribution in [0.2, 0.25) is 0 Å². The van der Waals surface area contributed by atoms with Crippen molar-refractivity contribution in [1.82, 2.24) is 14.8 Å². The number of carbonyl (C=O) groups excluding carboxylic acids is 1. The van der Waals surface area contributed by atoms with Crippen molar-refractivity contribution in [3.05, 3.63) is 60.4 Å². The Kier molecular flexibility index (Phi) is 7.16. The molecule has 4 rings (SSSR count). The second kappa shape index (κ2) is 10.1. The number of amides is 1. The Morgan fingerprint density at radius 3 is 2.39 bits per heavy atom. The zero-order chi connectivity index (χ0) is 23.4. The Morgan fingerprint density at radius 2 is 1.76 bits per heavy atom. The summed E-state index contributed by atoms with van der Waals surface area (Å²) in [5.74, 6) is 1.09. The molecule has 0 saturated heterocycles. The van der Waals surface area contributed by atoms with Gasteiger partial charge in [0.05, 0.1) is 15.8 Å². The number of hydrogen-bond acceptors (Lipinski definition) is 6. The predicted molar refractivity (Wildman–Crippen MR) is 129 cm³/mol. The van der Waals surface area contributed by atoms with Gasteiger partial charge in [0.15, 0.2) is 0 Å². The lowest BCUT2D eigenvalue weighted by Crippen LogP contribution is -2.22. The van der Waals surface area contributed by atoms with E-state index >= 15 is 0 Å². The van der Waals surface area contributed by atoms with Crippen LogP contribution in [0.3, 0.4) is 0 Å². The Morgan fingerprint density at radius 1 is 1.09 bits per heavy atom. The predicted octanol–water partition coefficient (Wildman–Crippen LogP) is 4.08. The quantitative estimate of drug-likeness (QED) is 0.487. The van der Waals surface area contributed by atoms with Crippen molar-refractivity contribution in [2.75, 3.05) is 5.32 Å². The van der Waals surface area contributed by atoms with Crippen molar-refractivity contribution in [3.8, 4) is 5.69 Å². The highest BCUT2D eigenvalue weighted by Gasteiger charge is 2.25. The number of aromatic nitrogens is 3. The second-order valence-corrected chi connectivity index (χ2v) is 11.0. The average Bonchev–Trinajstić information content (AvgIpc) is 3.24. The molecule has 1 saturated carbocycles. The van der Waals surface area contributed by atoms with E-state index < -0.39 is 15.3 Å². The van der Waals surface area contributed by atoms with Crippen LogP contribution in [0.25, 0.3) is 5.69 Å². The molecular formula is C23H27N5O3S2. The Hall–Kier alpha value is -2.69. The summed E-state index contributed by atoms with van der Waals surface area (Å²) in [7, 11) is -3.77. The second-order valence-electron chi connectivity index (χ2n) is 8.15. The maximum atomic E-state index is 12.7. The molecule has 3 aromatic rings. The number of primary sulfonamides is 1. The summed E-state index contributed by atoms with van der Waals surface area (Å²) >= 11 is 1.30. The largest absolute Gasteiger partial charge is 0.325 e. The number of benzene rings is 2. The summed E-state index contributed by atoms with van der Waals surface area (Å²) < 4.78 is 24.7. The summed E-state index contributed by atoms with van der Waals surface area (Å²) in [6.07, 6.45) is 5.84. The minimum atomic E-state index is -3.77. The van der Waals surface area contributed by atoms with Gasteiger partial charge in [0.25, 0.3) is 0 Å². The third-order valence-electron chi connectivity index (χ3n) is 5.69. The number of nitrogens with one attached hydrogen (secondary N) is 1. The molecule has 1 unspecified atom stereocenters. The SMILES string of the molecule is CC(Sc1nc(C2CCCCC2)n(-c2ccccc2)n1)C(=O)Nc1ccc(S(N)(=O)=O)cc1. The number of rotatable bonds is 7. The van der Waals surface area contributed by atoms with Gasteiger partial charge in [0, 0.05) is 11.6 Å². The molecule has 8 nitrogen and oxygen atoms in total. The maximum absolute atomic E-state index is 12.7. The van der Waals surface area contributed by atoms with Crippen molar-refractivity contribution >= 4 is 33.4 Å². The molecule has 10 heteroatoms. The van der Waals surface area contributed by atoms with E-state index in [-0.39, 0.29) is 10.8 Å². The van der Waals surface area contributed by atoms with Crippen LogP contribution in [0.4, 0.5) is 5.69 Å². The van der Waals surface area contributed by atoms with Gasteiger partial charge < -0.3 is 5.32 Å². The number of hydrogen-bond donors (Lipinski definition) is 2. The molecular weight excluding hydrogens is 458 g/mol. The van der Waals surface area contributed by atoms with Gasteiger partial charge in [-0.3, -0.25) is 4.79 Å². The summed E-state index contributed by atoms with van der Waals surface area (Å²) in [5.41, 5.74) is 1.45. The number of thioether (sulfide) groups is 1. The lowest BCUT2D eigenvalue weighted by molar-refractivity contribution is -0.115. The highest BCUT2D eigenvalue weighted by atomic mass is 32.2. The van der Waals surface area contributed by atoms with E-state index in [0.29, 0.717) is 16.8 Å². The fraction of sp³-hybridized carbons (Fsp3) is 0.348. The van der Waals surface area contributed by atoms with Crippen LogP contribution in [-0.4, -0.2) is 34.3 Å². The van der Waals surface area contributed by atoms with Crippen molar-refractivity contribution in [1.29, 1.82) is 0 Å². The molecule has 1 aliphatic rings. The van der Waals surface area contributed by atoms with Gasteiger partial charge >= 0.3 is 0 Å². The Bertz CT molecular complexity index is 1200. The first kappa shape index (κ1) is 23.5. The molecule has 1 fully saturated rings. The van der Waals surface area contributed by atoms with Crippen LogP contribution in [0, 0.1) is 0 Å². The van der Waals surface area contributed by atoms with E-state index in [9.17, 15) is 13.2 Å². The number of nitrogens with zero attached hydrogens (tertiary/aromatic N) is 3. The number of sulfonamides is 1. The monoisotopic (exact) mass is 485 g/mol. The van der Waals surface area contributed by atoms with E-state index in [1.54, 1.807) is 6.92 Å². The van der Waals surface area contributed by atoms with Crippen molar-refractivity contribution < 1.29 is 13.2 Å². The van der Waals surface area contributed by atoms with Crippen LogP contribution in [0.1, 0.15) is 50.8 Å². The normalized spacial score (nSPS) is 15.8. The Balaban J connectivity index is 1.49. The van der Waals surface area contributed by atoms with Gasteiger partial charge in [-0.05, 0) is 56.2 Å². The zero-order valence-electron chi connectivity index (χ0n) is 18.3. The van der Waals surface area contributed by atoms with Crippen LogP contribution in [-0.2, 0) is 14.8 Å². The van der Waals surface area contributed by atoms with Crippen molar-refractivity contribution in [2.45, 2.75) is 60.2 Å². The third kappa shape index (κ3) is 5.82. The summed E-state index contributed by atoms with van der Waals surface area (Å²) in [5, 5.41) is 12.8. The number of para-hydroxylation sites is 1. The molecule has 1 heterocycles. The number of carbonyl (C=O) groups is 1. The molecule has 1 aromatic heterocycles. The molecule has 0 aliphatic heterocycles.